The van der Waals surface area contributed by atoms with Gasteiger partial charge in [0, 0.05) is 6.07 Å². The number of amides is 1. The van der Waals surface area contributed by atoms with Gasteiger partial charge < -0.3 is 15.2 Å². The molecule has 0 aromatic carbocycles. The van der Waals surface area contributed by atoms with Crippen molar-refractivity contribution in [2.75, 3.05) is 12.4 Å². The lowest BCUT2D eigenvalue weighted by atomic mass is 10.0. The van der Waals surface area contributed by atoms with Gasteiger partial charge in [0.2, 0.25) is 5.88 Å². The number of anilines is 1. The van der Waals surface area contributed by atoms with E-state index in [1.54, 1.807) is 26.2 Å². The highest BCUT2D eigenvalue weighted by molar-refractivity contribution is 5.97. The van der Waals surface area contributed by atoms with E-state index in [-0.39, 0.29) is 5.91 Å². The van der Waals surface area contributed by atoms with Crippen molar-refractivity contribution in [2.24, 2.45) is 0 Å². The summed E-state index contributed by atoms with van der Waals surface area (Å²) >= 11 is 0. The van der Waals surface area contributed by atoms with Gasteiger partial charge in [-0.2, -0.15) is 0 Å². The predicted octanol–water partition coefficient (Wildman–Crippen LogP) is 1.64. The fourth-order valence-electron chi connectivity index (χ4n) is 2.21. The van der Waals surface area contributed by atoms with E-state index < -0.39 is 5.60 Å². The van der Waals surface area contributed by atoms with Crippen molar-refractivity contribution in [2.45, 2.75) is 38.2 Å². The zero-order valence-electron chi connectivity index (χ0n) is 10.7. The summed E-state index contributed by atoms with van der Waals surface area (Å²) < 4.78 is 5.00. The zero-order valence-corrected chi connectivity index (χ0v) is 10.7. The fraction of sp³-hybridized carbons (Fsp3) is 0.538. The molecule has 0 bridgehead atoms. The van der Waals surface area contributed by atoms with Crippen molar-refractivity contribution in [1.29, 1.82) is 0 Å². The van der Waals surface area contributed by atoms with Gasteiger partial charge in [0.25, 0.3) is 5.91 Å². The van der Waals surface area contributed by atoms with Gasteiger partial charge in [-0.25, -0.2) is 4.98 Å². The summed E-state index contributed by atoms with van der Waals surface area (Å²) in [5.41, 5.74) is 0.0669. The van der Waals surface area contributed by atoms with E-state index in [1.807, 2.05) is 0 Å². The summed E-state index contributed by atoms with van der Waals surface area (Å²) in [7, 11) is 1.54. The smallest absolute Gasteiger partial charge is 0.256 e. The van der Waals surface area contributed by atoms with E-state index in [4.69, 9.17) is 4.74 Å². The maximum atomic E-state index is 12.0. The van der Waals surface area contributed by atoms with Gasteiger partial charge in [0.05, 0.1) is 18.5 Å². The first kappa shape index (κ1) is 12.8. The van der Waals surface area contributed by atoms with Crippen LogP contribution in [0.4, 0.5) is 5.69 Å². The molecular weight excluding hydrogens is 232 g/mol. The lowest BCUT2D eigenvalue weighted by Crippen LogP contribution is -2.40. The summed E-state index contributed by atoms with van der Waals surface area (Å²) in [4.78, 5) is 16.2. The van der Waals surface area contributed by atoms with E-state index in [2.05, 4.69) is 10.3 Å². The monoisotopic (exact) mass is 250 g/mol. The molecule has 0 radical (unpaired) electrons. The van der Waals surface area contributed by atoms with Crippen LogP contribution in [0.2, 0.25) is 0 Å². The van der Waals surface area contributed by atoms with Gasteiger partial charge in [-0.3, -0.25) is 4.79 Å². The van der Waals surface area contributed by atoms with E-state index >= 15 is 0 Å². The number of ether oxygens (including phenoxy) is 1. The Morgan fingerprint density at radius 2 is 2.11 bits per heavy atom. The first-order valence-corrected chi connectivity index (χ1v) is 6.11. The highest BCUT2D eigenvalue weighted by Gasteiger charge is 2.38. The number of nitrogens with one attached hydrogen (secondary N) is 1. The molecule has 5 nitrogen and oxygen atoms in total. The van der Waals surface area contributed by atoms with Crippen LogP contribution in [-0.2, 0) is 4.79 Å². The number of carbonyl (C=O) groups excluding carboxylic acids is 1. The van der Waals surface area contributed by atoms with Crippen molar-refractivity contribution < 1.29 is 14.6 Å². The quantitative estimate of drug-likeness (QED) is 0.855. The van der Waals surface area contributed by atoms with Crippen LogP contribution >= 0.6 is 0 Å². The number of pyridine rings is 1. The lowest BCUT2D eigenvalue weighted by Gasteiger charge is -2.21. The molecule has 0 atom stereocenters. The van der Waals surface area contributed by atoms with Gasteiger partial charge in [0.1, 0.15) is 5.60 Å². The van der Waals surface area contributed by atoms with Crippen LogP contribution in [0.1, 0.15) is 31.4 Å². The second-order valence-corrected chi connectivity index (χ2v) is 4.68. The Labute approximate surface area is 106 Å². The number of hydrogen-bond donors (Lipinski definition) is 2. The van der Waals surface area contributed by atoms with Gasteiger partial charge in [0.15, 0.2) is 0 Å². The molecule has 1 fully saturated rings. The minimum atomic E-state index is -1.22. The maximum Gasteiger partial charge on any atom is 0.256 e. The molecule has 2 rings (SSSR count). The molecule has 1 aliphatic carbocycles. The normalized spacial score (nSPS) is 17.5. The summed E-state index contributed by atoms with van der Waals surface area (Å²) in [5, 5.41) is 12.9. The van der Waals surface area contributed by atoms with Crippen LogP contribution in [0, 0.1) is 6.92 Å². The summed E-state index contributed by atoms with van der Waals surface area (Å²) in [6.45, 7) is 1.79. The molecular formula is C13H18N2O3. The number of rotatable bonds is 3. The summed E-state index contributed by atoms with van der Waals surface area (Å²) in [6, 6.07) is 3.42. The zero-order chi connectivity index (χ0) is 13.2. The Kier molecular flexibility index (Phi) is 3.52. The number of nitrogens with zero attached hydrogens (tertiary/aromatic N) is 1. The van der Waals surface area contributed by atoms with Crippen molar-refractivity contribution >= 4 is 11.6 Å². The van der Waals surface area contributed by atoms with Crippen LogP contribution in [0.3, 0.4) is 0 Å². The van der Waals surface area contributed by atoms with Crippen molar-refractivity contribution in [1.82, 2.24) is 4.98 Å². The molecule has 0 saturated heterocycles. The number of carbonyl (C=O) groups is 1. The minimum Gasteiger partial charge on any atom is -0.481 e. The van der Waals surface area contributed by atoms with E-state index in [0.29, 0.717) is 30.1 Å². The van der Waals surface area contributed by atoms with Crippen LogP contribution in [0.15, 0.2) is 12.1 Å². The molecule has 2 N–H and O–H groups in total. The van der Waals surface area contributed by atoms with E-state index in [1.165, 1.54) is 0 Å². The molecule has 5 heteroatoms. The predicted molar refractivity (Wildman–Crippen MR) is 67.6 cm³/mol. The molecule has 1 amide bonds. The minimum absolute atomic E-state index is 0.338. The number of methoxy groups -OCH3 is 1. The van der Waals surface area contributed by atoms with Crippen LogP contribution in [0.25, 0.3) is 0 Å². The van der Waals surface area contributed by atoms with Crippen LogP contribution in [0.5, 0.6) is 5.88 Å². The Morgan fingerprint density at radius 1 is 1.44 bits per heavy atom. The number of hydrogen-bond acceptors (Lipinski definition) is 4. The van der Waals surface area contributed by atoms with Crippen molar-refractivity contribution in [3.63, 3.8) is 0 Å². The topological polar surface area (TPSA) is 71.5 Å². The summed E-state index contributed by atoms with van der Waals surface area (Å²) in [6.07, 6.45) is 2.84. The molecule has 0 unspecified atom stereocenters. The maximum absolute atomic E-state index is 12.0. The molecule has 0 spiro atoms. The highest BCUT2D eigenvalue weighted by Crippen LogP contribution is 2.31. The van der Waals surface area contributed by atoms with Crippen LogP contribution in [-0.4, -0.2) is 28.7 Å². The Balaban J connectivity index is 2.12. The Bertz CT molecular complexity index is 454. The van der Waals surface area contributed by atoms with Crippen molar-refractivity contribution in [3.8, 4) is 5.88 Å². The Morgan fingerprint density at radius 3 is 2.67 bits per heavy atom. The average molecular weight is 250 g/mol. The SMILES string of the molecule is COc1ccc(NC(=O)C2(O)CCCC2)c(C)n1. The third-order valence-corrected chi connectivity index (χ3v) is 3.37. The van der Waals surface area contributed by atoms with Gasteiger partial charge in [-0.15, -0.1) is 0 Å². The van der Waals surface area contributed by atoms with E-state index in [9.17, 15) is 9.90 Å². The van der Waals surface area contributed by atoms with Gasteiger partial charge in [-0.1, -0.05) is 0 Å². The number of aromatic nitrogens is 1. The largest absolute Gasteiger partial charge is 0.481 e. The second kappa shape index (κ2) is 4.94. The standard InChI is InChI=1S/C13H18N2O3/c1-9-10(5-6-11(14-9)18-2)15-12(16)13(17)7-3-4-8-13/h5-6,17H,3-4,7-8H2,1-2H3,(H,15,16). The third kappa shape index (κ3) is 2.46. The molecule has 1 aromatic heterocycles. The molecule has 0 aliphatic heterocycles. The second-order valence-electron chi connectivity index (χ2n) is 4.68. The molecule has 98 valence electrons. The lowest BCUT2D eigenvalue weighted by molar-refractivity contribution is -0.133. The van der Waals surface area contributed by atoms with Gasteiger partial charge >= 0.3 is 0 Å². The molecule has 1 aromatic rings. The first-order chi connectivity index (χ1) is 8.55. The van der Waals surface area contributed by atoms with Crippen molar-refractivity contribution in [3.05, 3.63) is 17.8 Å². The molecule has 1 aliphatic rings. The number of aryl methyl sites for hydroxylation is 1. The average Bonchev–Trinajstić information content (AvgIpc) is 2.80. The summed E-state index contributed by atoms with van der Waals surface area (Å²) in [5.74, 6) is 0.167. The molecule has 18 heavy (non-hydrogen) atoms. The number of aliphatic hydroxyl groups is 1. The Hall–Kier alpha value is -1.62. The van der Waals surface area contributed by atoms with Gasteiger partial charge in [-0.05, 0) is 38.7 Å². The molecule has 1 heterocycles. The van der Waals surface area contributed by atoms with E-state index in [0.717, 1.165) is 12.8 Å². The highest BCUT2D eigenvalue weighted by atomic mass is 16.5. The molecule has 1 saturated carbocycles. The van der Waals surface area contributed by atoms with Crippen LogP contribution < -0.4 is 10.1 Å². The first-order valence-electron chi connectivity index (χ1n) is 6.11. The third-order valence-electron chi connectivity index (χ3n) is 3.37. The fourth-order valence-corrected chi connectivity index (χ4v) is 2.21.